The van der Waals surface area contributed by atoms with Crippen LogP contribution in [0.3, 0.4) is 0 Å². The van der Waals surface area contributed by atoms with Crippen molar-refractivity contribution >= 4 is 27.7 Å². The Morgan fingerprint density at radius 2 is 1.81 bits per heavy atom. The SMILES string of the molecule is COC(=O)NC1=N[C@](C)(c2cc(C(=O)OC)ccc2F)CS(=O)(=O)C1(C)C. The van der Waals surface area contributed by atoms with Crippen LogP contribution in [0.4, 0.5) is 9.18 Å². The summed E-state index contributed by atoms with van der Waals surface area (Å²) in [6, 6.07) is 3.48. The zero-order valence-electron chi connectivity index (χ0n) is 15.6. The molecule has 1 atom stereocenters. The maximum atomic E-state index is 14.5. The second-order valence-electron chi connectivity index (χ2n) is 6.81. The maximum absolute atomic E-state index is 14.5. The van der Waals surface area contributed by atoms with Gasteiger partial charge in [-0.15, -0.1) is 0 Å². The van der Waals surface area contributed by atoms with Gasteiger partial charge in [-0.2, -0.15) is 0 Å². The Kier molecular flexibility index (Phi) is 5.33. The van der Waals surface area contributed by atoms with Crippen LogP contribution in [-0.4, -0.2) is 51.0 Å². The smallest absolute Gasteiger partial charge is 0.412 e. The summed E-state index contributed by atoms with van der Waals surface area (Å²) in [6.45, 7) is 4.19. The molecular formula is C17H21FN2O6S. The molecule has 0 aliphatic carbocycles. The molecule has 0 fully saturated rings. The molecule has 0 saturated carbocycles. The first-order valence-corrected chi connectivity index (χ1v) is 9.59. The number of sulfone groups is 1. The van der Waals surface area contributed by atoms with Crippen LogP contribution in [0.15, 0.2) is 23.2 Å². The Bertz CT molecular complexity index is 925. The molecule has 0 bridgehead atoms. The summed E-state index contributed by atoms with van der Waals surface area (Å²) >= 11 is 0. The zero-order chi connectivity index (χ0) is 20.6. The van der Waals surface area contributed by atoms with E-state index in [1.54, 1.807) is 0 Å². The van der Waals surface area contributed by atoms with Gasteiger partial charge in [0.2, 0.25) is 0 Å². The molecule has 1 aliphatic rings. The van der Waals surface area contributed by atoms with Crippen molar-refractivity contribution in [1.82, 2.24) is 5.32 Å². The third-order valence-corrected chi connectivity index (χ3v) is 7.24. The van der Waals surface area contributed by atoms with Crippen molar-refractivity contribution in [3.05, 3.63) is 35.1 Å². The number of amidine groups is 1. The number of nitrogens with zero attached hydrogens (tertiary/aromatic N) is 1. The number of nitrogens with one attached hydrogen (secondary N) is 1. The summed E-state index contributed by atoms with van der Waals surface area (Å²) in [4.78, 5) is 27.7. The van der Waals surface area contributed by atoms with Gasteiger partial charge in [0.15, 0.2) is 9.84 Å². The summed E-state index contributed by atoms with van der Waals surface area (Å²) in [5.41, 5.74) is -1.62. The summed E-state index contributed by atoms with van der Waals surface area (Å²) in [5.74, 6) is -2.12. The second kappa shape index (κ2) is 6.91. The average Bonchev–Trinajstić information content (AvgIpc) is 2.58. The highest BCUT2D eigenvalue weighted by Gasteiger charge is 2.51. The third-order valence-electron chi connectivity index (χ3n) is 4.55. The highest BCUT2D eigenvalue weighted by Crippen LogP contribution is 2.38. The fourth-order valence-corrected chi connectivity index (χ4v) is 4.47. The minimum Gasteiger partial charge on any atom is -0.465 e. The topological polar surface area (TPSA) is 111 Å². The second-order valence-corrected chi connectivity index (χ2v) is 9.35. The number of halogens is 1. The van der Waals surface area contributed by atoms with Gasteiger partial charge in [0.05, 0.1) is 25.5 Å². The van der Waals surface area contributed by atoms with Gasteiger partial charge in [-0.1, -0.05) is 0 Å². The van der Waals surface area contributed by atoms with E-state index in [1.165, 1.54) is 40.0 Å². The monoisotopic (exact) mass is 400 g/mol. The first kappa shape index (κ1) is 20.8. The molecule has 27 heavy (non-hydrogen) atoms. The van der Waals surface area contributed by atoms with Gasteiger partial charge >= 0.3 is 12.1 Å². The molecule has 10 heteroatoms. The molecule has 1 aromatic rings. The molecule has 8 nitrogen and oxygen atoms in total. The third kappa shape index (κ3) is 3.66. The van der Waals surface area contributed by atoms with E-state index in [2.05, 4.69) is 19.8 Å². The molecular weight excluding hydrogens is 379 g/mol. The normalized spacial score (nSPS) is 23.1. The number of carbonyl (C=O) groups is 2. The van der Waals surface area contributed by atoms with Gasteiger partial charge < -0.3 is 9.47 Å². The number of methoxy groups -OCH3 is 2. The van der Waals surface area contributed by atoms with E-state index in [1.807, 2.05) is 0 Å². The van der Waals surface area contributed by atoms with Gasteiger partial charge in [-0.05, 0) is 39.0 Å². The number of hydrogen-bond donors (Lipinski definition) is 1. The minimum atomic E-state index is -3.86. The number of carbonyl (C=O) groups excluding carboxylic acids is 2. The lowest BCUT2D eigenvalue weighted by Crippen LogP contribution is -2.57. The fourth-order valence-electron chi connectivity index (χ4n) is 2.76. The molecule has 0 radical (unpaired) electrons. The predicted molar refractivity (Wildman–Crippen MR) is 95.9 cm³/mol. The highest BCUT2D eigenvalue weighted by atomic mass is 32.2. The Morgan fingerprint density at radius 1 is 1.19 bits per heavy atom. The van der Waals surface area contributed by atoms with Crippen molar-refractivity contribution in [2.45, 2.75) is 31.1 Å². The lowest BCUT2D eigenvalue weighted by Gasteiger charge is -2.39. The number of esters is 1. The predicted octanol–water partition coefficient (Wildman–Crippen LogP) is 1.79. The van der Waals surface area contributed by atoms with E-state index in [-0.39, 0.29) is 17.0 Å². The van der Waals surface area contributed by atoms with Crippen molar-refractivity contribution in [2.75, 3.05) is 20.0 Å². The van der Waals surface area contributed by atoms with Gasteiger partial charge in [-0.3, -0.25) is 10.3 Å². The van der Waals surface area contributed by atoms with E-state index in [0.29, 0.717) is 0 Å². The Hall–Kier alpha value is -2.49. The molecule has 1 amide bonds. The first-order valence-electron chi connectivity index (χ1n) is 7.94. The number of amides is 1. The molecule has 0 aromatic heterocycles. The van der Waals surface area contributed by atoms with Gasteiger partial charge in [-0.25, -0.2) is 22.4 Å². The molecule has 148 valence electrons. The lowest BCUT2D eigenvalue weighted by molar-refractivity contribution is 0.0600. The summed E-state index contributed by atoms with van der Waals surface area (Å²) in [5, 5.41) is 2.30. The fraction of sp³-hybridized carbons (Fsp3) is 0.471. The number of alkyl carbamates (subject to hydrolysis) is 1. The van der Waals surface area contributed by atoms with Crippen LogP contribution in [0.1, 0.15) is 36.7 Å². The molecule has 0 spiro atoms. The van der Waals surface area contributed by atoms with E-state index in [0.717, 1.165) is 13.2 Å². The summed E-state index contributed by atoms with van der Waals surface area (Å²) < 4.78 is 47.9. The van der Waals surface area contributed by atoms with Crippen LogP contribution >= 0.6 is 0 Å². The van der Waals surface area contributed by atoms with E-state index in [9.17, 15) is 22.4 Å². The van der Waals surface area contributed by atoms with Crippen LogP contribution in [0, 0.1) is 5.82 Å². The van der Waals surface area contributed by atoms with Gasteiger partial charge in [0.25, 0.3) is 0 Å². The average molecular weight is 400 g/mol. The van der Waals surface area contributed by atoms with E-state index < -0.39 is 43.8 Å². The summed E-state index contributed by atoms with van der Waals surface area (Å²) in [6.07, 6.45) is -0.898. The zero-order valence-corrected chi connectivity index (χ0v) is 16.4. The molecule has 1 heterocycles. The quantitative estimate of drug-likeness (QED) is 0.758. The maximum Gasteiger partial charge on any atom is 0.412 e. The Morgan fingerprint density at radius 3 is 2.37 bits per heavy atom. The lowest BCUT2D eigenvalue weighted by atomic mass is 9.91. The van der Waals surface area contributed by atoms with Crippen LogP contribution in [0.5, 0.6) is 0 Å². The highest BCUT2D eigenvalue weighted by molar-refractivity contribution is 7.93. The van der Waals surface area contributed by atoms with Crippen molar-refractivity contribution in [3.8, 4) is 0 Å². The van der Waals surface area contributed by atoms with Gasteiger partial charge in [0, 0.05) is 5.56 Å². The van der Waals surface area contributed by atoms with Crippen LogP contribution < -0.4 is 5.32 Å². The standard InChI is InChI=1S/C17H21FN2O6S/c1-16(2)14(19-15(22)26-5)20-17(3,9-27(16,23)24)11-8-10(13(21)25-4)6-7-12(11)18/h6-8H,9H2,1-5H3,(H,19,20,22)/t17-/m0/s1. The van der Waals surface area contributed by atoms with Crippen LogP contribution in [0.25, 0.3) is 0 Å². The largest absolute Gasteiger partial charge is 0.465 e. The van der Waals surface area contributed by atoms with Gasteiger partial charge in [0.1, 0.15) is 21.9 Å². The first-order chi connectivity index (χ1) is 12.4. The number of aliphatic imine (C=N–C) groups is 1. The molecule has 1 N–H and O–H groups in total. The van der Waals surface area contributed by atoms with Crippen molar-refractivity contribution in [2.24, 2.45) is 4.99 Å². The molecule has 2 rings (SSSR count). The molecule has 1 aliphatic heterocycles. The van der Waals surface area contributed by atoms with Crippen LogP contribution in [0.2, 0.25) is 0 Å². The Balaban J connectivity index is 2.69. The Labute approximate surface area is 156 Å². The molecule has 0 unspecified atom stereocenters. The summed E-state index contributed by atoms with van der Waals surface area (Å²) in [7, 11) is -1.56. The van der Waals surface area contributed by atoms with Crippen molar-refractivity contribution in [3.63, 3.8) is 0 Å². The number of ether oxygens (including phenoxy) is 2. The van der Waals surface area contributed by atoms with E-state index >= 15 is 0 Å². The molecule has 1 aromatic carbocycles. The van der Waals surface area contributed by atoms with Crippen molar-refractivity contribution in [1.29, 1.82) is 0 Å². The number of hydrogen-bond acceptors (Lipinski definition) is 7. The molecule has 0 saturated heterocycles. The van der Waals surface area contributed by atoms with Crippen LogP contribution in [-0.2, 0) is 24.8 Å². The number of rotatable bonds is 2. The van der Waals surface area contributed by atoms with Crippen molar-refractivity contribution < 1.29 is 31.9 Å². The van der Waals surface area contributed by atoms with E-state index in [4.69, 9.17) is 0 Å². The minimum absolute atomic E-state index is 0.0510. The number of benzene rings is 1.